The van der Waals surface area contributed by atoms with Crippen LogP contribution < -0.4 is 16.2 Å². The second-order valence-electron chi connectivity index (χ2n) is 7.36. The van der Waals surface area contributed by atoms with Crippen LogP contribution in [0.1, 0.15) is 29.7 Å². The lowest BCUT2D eigenvalue weighted by Crippen LogP contribution is -2.59. The molecule has 3 N–H and O–H groups in total. The SMILES string of the molecule is O=C1Nc2cc(Cn3cnc(CO)cc3=O)c(F)cc2C(C#CC2CC2)(C(F)(F)F)N1. The first-order chi connectivity index (χ1) is 14.6. The molecule has 1 aliphatic heterocycles. The molecule has 0 saturated heterocycles. The van der Waals surface area contributed by atoms with Gasteiger partial charge in [0, 0.05) is 28.8 Å². The Morgan fingerprint density at radius 3 is 2.61 bits per heavy atom. The molecule has 1 atom stereocenters. The molecule has 162 valence electrons. The number of benzene rings is 1. The molecule has 1 fully saturated rings. The number of urea groups is 1. The Morgan fingerprint density at radius 1 is 1.26 bits per heavy atom. The lowest BCUT2D eigenvalue weighted by atomic mass is 9.85. The van der Waals surface area contributed by atoms with Crippen LogP contribution in [0, 0.1) is 23.6 Å². The van der Waals surface area contributed by atoms with Crippen LogP contribution >= 0.6 is 0 Å². The van der Waals surface area contributed by atoms with Gasteiger partial charge in [0.15, 0.2) is 0 Å². The molecule has 2 heterocycles. The van der Waals surface area contributed by atoms with Gasteiger partial charge in [-0.05, 0) is 25.0 Å². The van der Waals surface area contributed by atoms with Crippen molar-refractivity contribution in [1.82, 2.24) is 14.9 Å². The Bertz CT molecular complexity index is 1180. The van der Waals surface area contributed by atoms with E-state index in [9.17, 15) is 27.2 Å². The fourth-order valence-electron chi connectivity index (χ4n) is 3.23. The van der Waals surface area contributed by atoms with Crippen LogP contribution in [0.25, 0.3) is 0 Å². The minimum absolute atomic E-state index is 0.120. The van der Waals surface area contributed by atoms with Crippen LogP contribution in [0.5, 0.6) is 0 Å². The Hall–Kier alpha value is -3.39. The average Bonchev–Trinajstić information content (AvgIpc) is 3.52. The summed E-state index contributed by atoms with van der Waals surface area (Å²) in [6, 6.07) is 1.66. The molecule has 0 radical (unpaired) electrons. The second kappa shape index (κ2) is 7.39. The number of halogens is 4. The first-order valence-corrected chi connectivity index (χ1v) is 9.30. The van der Waals surface area contributed by atoms with E-state index in [1.807, 2.05) is 5.32 Å². The third-order valence-electron chi connectivity index (χ3n) is 5.04. The van der Waals surface area contributed by atoms with Gasteiger partial charge in [0.25, 0.3) is 5.56 Å². The molecule has 1 aromatic carbocycles. The number of nitrogens with one attached hydrogen (secondary N) is 2. The summed E-state index contributed by atoms with van der Waals surface area (Å²) in [4.78, 5) is 28.0. The van der Waals surface area contributed by atoms with Crippen molar-refractivity contribution in [3.63, 3.8) is 0 Å². The average molecular weight is 436 g/mol. The summed E-state index contributed by atoms with van der Waals surface area (Å²) in [5, 5.41) is 13.1. The summed E-state index contributed by atoms with van der Waals surface area (Å²) in [5.74, 6) is 3.47. The highest BCUT2D eigenvalue weighted by Gasteiger charge is 2.59. The van der Waals surface area contributed by atoms with Gasteiger partial charge < -0.3 is 15.7 Å². The molecular weight excluding hydrogens is 420 g/mol. The highest BCUT2D eigenvalue weighted by atomic mass is 19.4. The van der Waals surface area contributed by atoms with E-state index < -0.39 is 41.3 Å². The zero-order valence-corrected chi connectivity index (χ0v) is 15.9. The molecule has 31 heavy (non-hydrogen) atoms. The summed E-state index contributed by atoms with van der Waals surface area (Å²) < 4.78 is 58.1. The fraction of sp³-hybridized carbons (Fsp3) is 0.350. The number of rotatable bonds is 3. The third-order valence-corrected chi connectivity index (χ3v) is 5.04. The number of hydrogen-bond donors (Lipinski definition) is 3. The number of aliphatic hydroxyl groups is 1. The van der Waals surface area contributed by atoms with E-state index in [1.165, 1.54) is 0 Å². The van der Waals surface area contributed by atoms with Crippen molar-refractivity contribution in [2.75, 3.05) is 5.32 Å². The van der Waals surface area contributed by atoms with Gasteiger partial charge in [0.2, 0.25) is 5.54 Å². The molecule has 1 aromatic heterocycles. The molecule has 1 saturated carbocycles. The second-order valence-corrected chi connectivity index (χ2v) is 7.36. The summed E-state index contributed by atoms with van der Waals surface area (Å²) in [6.45, 7) is -0.795. The van der Waals surface area contributed by atoms with Gasteiger partial charge in [-0.2, -0.15) is 13.2 Å². The van der Waals surface area contributed by atoms with E-state index in [1.54, 1.807) is 0 Å². The highest BCUT2D eigenvalue weighted by Crippen LogP contribution is 2.45. The van der Waals surface area contributed by atoms with Crippen molar-refractivity contribution < 1.29 is 27.5 Å². The molecular formula is C20H16F4N4O3. The van der Waals surface area contributed by atoms with E-state index in [0.29, 0.717) is 18.9 Å². The van der Waals surface area contributed by atoms with Gasteiger partial charge in [-0.15, -0.1) is 0 Å². The van der Waals surface area contributed by atoms with E-state index in [-0.39, 0.29) is 29.4 Å². The zero-order chi connectivity index (χ0) is 22.4. The van der Waals surface area contributed by atoms with Gasteiger partial charge in [-0.25, -0.2) is 14.2 Å². The van der Waals surface area contributed by atoms with Crippen LogP contribution in [0.2, 0.25) is 0 Å². The summed E-state index contributed by atoms with van der Waals surface area (Å²) >= 11 is 0. The standard InChI is InChI=1S/C20H16F4N4O3/c21-15-7-14-16(5-12(15)8-28-10-25-13(9-29)6-17(28)30)26-18(31)27-19(14,20(22,23)24)4-3-11-1-2-11/h5-7,10-11,29H,1-2,8-9H2,(H2,26,27,31). The van der Waals surface area contributed by atoms with Crippen LogP contribution in [0.15, 0.2) is 29.3 Å². The Balaban J connectivity index is 1.80. The zero-order valence-electron chi connectivity index (χ0n) is 15.9. The van der Waals surface area contributed by atoms with E-state index in [0.717, 1.165) is 23.0 Å². The maximum absolute atomic E-state index is 14.8. The number of anilines is 1. The Morgan fingerprint density at radius 2 is 2.00 bits per heavy atom. The number of carbonyl (C=O) groups is 1. The van der Waals surface area contributed by atoms with Gasteiger partial charge in [0.05, 0.1) is 25.2 Å². The van der Waals surface area contributed by atoms with E-state index >= 15 is 0 Å². The first kappa shape index (κ1) is 20.9. The minimum atomic E-state index is -5.00. The number of alkyl halides is 3. The number of aliphatic hydroxyl groups excluding tert-OH is 1. The molecule has 2 aromatic rings. The van der Waals surface area contributed by atoms with Gasteiger partial charge in [0.1, 0.15) is 5.82 Å². The lowest BCUT2D eigenvalue weighted by molar-refractivity contribution is -0.178. The normalized spacial score (nSPS) is 20.2. The molecule has 1 aliphatic carbocycles. The molecule has 7 nitrogen and oxygen atoms in total. The van der Waals surface area contributed by atoms with E-state index in [2.05, 4.69) is 22.1 Å². The van der Waals surface area contributed by atoms with Crippen molar-refractivity contribution >= 4 is 11.7 Å². The predicted molar refractivity (Wildman–Crippen MR) is 100 cm³/mol. The molecule has 11 heteroatoms. The molecule has 0 bridgehead atoms. The van der Waals surface area contributed by atoms with Crippen molar-refractivity contribution in [2.24, 2.45) is 5.92 Å². The van der Waals surface area contributed by atoms with Crippen molar-refractivity contribution in [3.8, 4) is 11.8 Å². The van der Waals surface area contributed by atoms with Gasteiger partial charge in [-0.3, -0.25) is 9.36 Å². The number of amides is 2. The minimum Gasteiger partial charge on any atom is -0.390 e. The van der Waals surface area contributed by atoms with Crippen LogP contribution in [-0.2, 0) is 18.7 Å². The third kappa shape index (κ3) is 3.86. The largest absolute Gasteiger partial charge is 0.427 e. The summed E-state index contributed by atoms with van der Waals surface area (Å²) in [6.07, 6.45) is -2.57. The molecule has 2 amide bonds. The van der Waals surface area contributed by atoms with Crippen LogP contribution in [-0.4, -0.2) is 26.9 Å². The molecule has 1 unspecified atom stereocenters. The first-order valence-electron chi connectivity index (χ1n) is 9.30. The summed E-state index contributed by atoms with van der Waals surface area (Å²) in [5.41, 5.74) is -4.46. The maximum atomic E-state index is 14.8. The fourth-order valence-corrected chi connectivity index (χ4v) is 3.23. The number of aromatic nitrogens is 2. The maximum Gasteiger partial charge on any atom is 0.427 e. The lowest BCUT2D eigenvalue weighted by Gasteiger charge is -2.37. The van der Waals surface area contributed by atoms with Crippen molar-refractivity contribution in [3.05, 3.63) is 57.5 Å². The highest BCUT2D eigenvalue weighted by molar-refractivity contribution is 5.95. The monoisotopic (exact) mass is 436 g/mol. The van der Waals surface area contributed by atoms with E-state index in [4.69, 9.17) is 5.11 Å². The Labute approximate surface area is 173 Å². The Kier molecular flexibility index (Phi) is 4.97. The number of hydrogen-bond acceptors (Lipinski definition) is 4. The number of carbonyl (C=O) groups excluding carboxylic acids is 1. The van der Waals surface area contributed by atoms with Gasteiger partial charge in [-0.1, -0.05) is 11.8 Å². The van der Waals surface area contributed by atoms with Gasteiger partial charge >= 0.3 is 12.2 Å². The van der Waals surface area contributed by atoms with Crippen LogP contribution in [0.4, 0.5) is 28.0 Å². The molecule has 0 spiro atoms. The van der Waals surface area contributed by atoms with Crippen molar-refractivity contribution in [1.29, 1.82) is 0 Å². The summed E-state index contributed by atoms with van der Waals surface area (Å²) in [7, 11) is 0. The van der Waals surface area contributed by atoms with Crippen LogP contribution in [0.3, 0.4) is 0 Å². The quantitative estimate of drug-likeness (QED) is 0.508. The predicted octanol–water partition coefficient (Wildman–Crippen LogP) is 2.23. The topological polar surface area (TPSA) is 96.2 Å². The molecule has 2 aliphatic rings. The molecule has 4 rings (SSSR count). The number of fused-ring (bicyclic) bond motifs is 1. The smallest absolute Gasteiger partial charge is 0.390 e. The number of nitrogens with zero attached hydrogens (tertiary/aromatic N) is 2. The van der Waals surface area contributed by atoms with Crippen molar-refractivity contribution in [2.45, 2.75) is 37.7 Å².